The van der Waals surface area contributed by atoms with Crippen molar-refractivity contribution in [1.82, 2.24) is 0 Å². The molecule has 3 unspecified atom stereocenters. The first-order valence-electron chi connectivity index (χ1n) is 46.4. The number of aliphatic hydroxyl groups is 1. The molecular formula is C90H176O17P2. The highest BCUT2D eigenvalue weighted by molar-refractivity contribution is 7.47. The van der Waals surface area contributed by atoms with Gasteiger partial charge in [0.05, 0.1) is 26.4 Å². The number of phosphoric acid groups is 2. The fourth-order valence-corrected chi connectivity index (χ4v) is 15.6. The van der Waals surface area contributed by atoms with Gasteiger partial charge >= 0.3 is 39.5 Å². The molecule has 19 heteroatoms. The largest absolute Gasteiger partial charge is 0.472 e. The van der Waals surface area contributed by atoms with Crippen LogP contribution in [0.2, 0.25) is 0 Å². The van der Waals surface area contributed by atoms with Crippen LogP contribution < -0.4 is 0 Å². The molecule has 0 aromatic rings. The number of phosphoric ester groups is 2. The van der Waals surface area contributed by atoms with Gasteiger partial charge in [0.15, 0.2) is 12.2 Å². The topological polar surface area (TPSA) is 237 Å². The van der Waals surface area contributed by atoms with Crippen molar-refractivity contribution >= 4 is 39.5 Å². The fraction of sp³-hybridized carbons (Fsp3) is 0.956. The summed E-state index contributed by atoms with van der Waals surface area (Å²) < 4.78 is 69.0. The Hall–Kier alpha value is -1.94. The minimum absolute atomic E-state index is 0.107. The molecule has 0 aliphatic rings. The Morgan fingerprint density at radius 3 is 0.697 bits per heavy atom. The molecule has 0 radical (unpaired) electrons. The molecule has 3 N–H and O–H groups in total. The van der Waals surface area contributed by atoms with E-state index in [4.69, 9.17) is 37.0 Å². The zero-order valence-corrected chi connectivity index (χ0v) is 73.8. The lowest BCUT2D eigenvalue weighted by Crippen LogP contribution is -2.30. The number of carbonyl (C=O) groups is 4. The Morgan fingerprint density at radius 2 is 0.468 bits per heavy atom. The molecular weight excluding hydrogens is 1410 g/mol. The molecule has 6 atom stereocenters. The Kier molecular flexibility index (Phi) is 78.5. The maximum Gasteiger partial charge on any atom is 0.472 e. The lowest BCUT2D eigenvalue weighted by atomic mass is 9.99. The molecule has 0 rings (SSSR count). The number of rotatable bonds is 88. The van der Waals surface area contributed by atoms with Gasteiger partial charge < -0.3 is 33.8 Å². The molecule has 0 spiro atoms. The molecule has 0 amide bonds. The monoisotopic (exact) mass is 1590 g/mol. The average molecular weight is 1590 g/mol. The van der Waals surface area contributed by atoms with E-state index in [1.54, 1.807) is 0 Å². The van der Waals surface area contributed by atoms with Gasteiger partial charge in [0.2, 0.25) is 0 Å². The highest BCUT2D eigenvalue weighted by Gasteiger charge is 2.31. The minimum atomic E-state index is -4.97. The van der Waals surface area contributed by atoms with E-state index in [0.717, 1.165) is 108 Å². The van der Waals surface area contributed by atoms with Crippen molar-refractivity contribution in [3.8, 4) is 0 Å². The van der Waals surface area contributed by atoms with E-state index < -0.39 is 97.5 Å². The lowest BCUT2D eigenvalue weighted by Gasteiger charge is -2.21. The Bertz CT molecular complexity index is 2100. The third kappa shape index (κ3) is 82.4. The first-order valence-corrected chi connectivity index (χ1v) is 49.4. The maximum atomic E-state index is 13.2. The summed E-state index contributed by atoms with van der Waals surface area (Å²) in [5, 5.41) is 10.7. The van der Waals surface area contributed by atoms with E-state index in [1.165, 1.54) is 283 Å². The van der Waals surface area contributed by atoms with Crippen LogP contribution >= 0.6 is 15.6 Å². The Morgan fingerprint density at radius 1 is 0.266 bits per heavy atom. The van der Waals surface area contributed by atoms with E-state index in [1.807, 2.05) is 0 Å². The van der Waals surface area contributed by atoms with Gasteiger partial charge in [-0.3, -0.25) is 37.3 Å². The molecule has 0 aliphatic heterocycles. The van der Waals surface area contributed by atoms with Crippen molar-refractivity contribution in [2.24, 2.45) is 17.8 Å². The maximum absolute atomic E-state index is 13.2. The van der Waals surface area contributed by atoms with Crippen LogP contribution in [0.4, 0.5) is 0 Å². The summed E-state index contributed by atoms with van der Waals surface area (Å²) in [6, 6.07) is 0. The molecule has 0 aliphatic carbocycles. The molecule has 17 nitrogen and oxygen atoms in total. The summed E-state index contributed by atoms with van der Waals surface area (Å²) in [6.45, 7) is 12.0. The quantitative estimate of drug-likeness (QED) is 0.0222. The van der Waals surface area contributed by atoms with E-state index in [9.17, 15) is 43.2 Å². The third-order valence-corrected chi connectivity index (χ3v) is 23.4. The van der Waals surface area contributed by atoms with Crippen molar-refractivity contribution in [3.63, 3.8) is 0 Å². The second-order valence-electron chi connectivity index (χ2n) is 33.5. The highest BCUT2D eigenvalue weighted by atomic mass is 31.2. The number of carbonyl (C=O) groups excluding carboxylic acids is 4. The number of unbranched alkanes of at least 4 members (excludes halogenated alkanes) is 55. The summed E-state index contributed by atoms with van der Waals surface area (Å²) >= 11 is 0. The van der Waals surface area contributed by atoms with Crippen LogP contribution in [0.5, 0.6) is 0 Å². The van der Waals surface area contributed by atoms with E-state index >= 15 is 0 Å². The standard InChI is InChI=1S/C90H176O17P2/c1-8-10-11-12-13-14-15-16-17-18-19-20-24-27-33-38-43-50-57-64-71-87(92)100-77-85(106-89(94)73-66-59-51-44-39-34-28-25-22-21-23-26-31-36-41-47-54-61-68-81(3)4)79-104-108(96,97)102-75-84(91)76-103-109(98,99)105-80-86(78-101-88(93)72-65-58-53-46-48-55-62-69-82(5)6)107-90(95)74-67-60-52-45-40-35-30-29-32-37-42-49-56-63-70-83(7)9-2/h81-86,91H,8-80H2,1-7H3,(H,96,97)(H,98,99)/t83?,84-,85-,86-/m1/s1. The van der Waals surface area contributed by atoms with Gasteiger partial charge in [-0.1, -0.05) is 427 Å². The van der Waals surface area contributed by atoms with Crippen LogP contribution in [0.15, 0.2) is 0 Å². The molecule has 0 aromatic carbocycles. The first kappa shape index (κ1) is 107. The van der Waals surface area contributed by atoms with Crippen LogP contribution in [0.3, 0.4) is 0 Å². The van der Waals surface area contributed by atoms with Gasteiger partial charge in [-0.25, -0.2) is 9.13 Å². The van der Waals surface area contributed by atoms with Crippen molar-refractivity contribution < 1.29 is 80.2 Å². The van der Waals surface area contributed by atoms with Crippen LogP contribution in [-0.2, 0) is 65.4 Å². The molecule has 0 aromatic heterocycles. The SMILES string of the molecule is CCCCCCCCCCCCCCCCCCCCCCC(=O)OC[C@H](COP(=O)(O)OC[C@@H](O)COP(=O)(O)OC[C@@H](COC(=O)CCCCCCCCCC(C)C)OC(=O)CCCCCCCCCCCCCCCCC(C)CC)OC(=O)CCCCCCCCCCCCCCCCCCCCC(C)C. The van der Waals surface area contributed by atoms with Gasteiger partial charge in [0.1, 0.15) is 19.3 Å². The average Bonchev–Trinajstić information content (AvgIpc) is 0.901. The van der Waals surface area contributed by atoms with Crippen molar-refractivity contribution in [2.75, 3.05) is 39.6 Å². The summed E-state index contributed by atoms with van der Waals surface area (Å²) in [5.74, 6) is 0.270. The molecule has 0 bridgehead atoms. The number of esters is 4. The molecule has 648 valence electrons. The first-order chi connectivity index (χ1) is 52.8. The zero-order chi connectivity index (χ0) is 80.0. The number of ether oxygens (including phenoxy) is 4. The summed E-state index contributed by atoms with van der Waals surface area (Å²) in [7, 11) is -9.93. The lowest BCUT2D eigenvalue weighted by molar-refractivity contribution is -0.161. The smallest absolute Gasteiger partial charge is 0.462 e. The predicted octanol–water partition coefficient (Wildman–Crippen LogP) is 27.6. The minimum Gasteiger partial charge on any atom is -0.462 e. The summed E-state index contributed by atoms with van der Waals surface area (Å²) in [5.41, 5.74) is 0. The fourth-order valence-electron chi connectivity index (χ4n) is 14.0. The number of aliphatic hydroxyl groups excluding tert-OH is 1. The van der Waals surface area contributed by atoms with E-state index in [2.05, 4.69) is 48.5 Å². The van der Waals surface area contributed by atoms with Crippen molar-refractivity contribution in [1.29, 1.82) is 0 Å². The third-order valence-electron chi connectivity index (χ3n) is 21.5. The molecule has 0 heterocycles. The van der Waals surface area contributed by atoms with Crippen LogP contribution in [0.25, 0.3) is 0 Å². The zero-order valence-electron chi connectivity index (χ0n) is 72.0. The Balaban J connectivity index is 5.22. The predicted molar refractivity (Wildman–Crippen MR) is 451 cm³/mol. The molecule has 109 heavy (non-hydrogen) atoms. The molecule has 0 saturated carbocycles. The van der Waals surface area contributed by atoms with E-state index in [0.29, 0.717) is 31.6 Å². The second-order valence-corrected chi connectivity index (χ2v) is 36.4. The highest BCUT2D eigenvalue weighted by Crippen LogP contribution is 2.45. The van der Waals surface area contributed by atoms with Crippen LogP contribution in [0, 0.1) is 17.8 Å². The normalized spacial score (nSPS) is 14.1. The van der Waals surface area contributed by atoms with Gasteiger partial charge in [0.25, 0.3) is 0 Å². The van der Waals surface area contributed by atoms with Crippen molar-refractivity contribution in [2.45, 2.75) is 497 Å². The van der Waals surface area contributed by atoms with Gasteiger partial charge in [0, 0.05) is 25.7 Å². The van der Waals surface area contributed by atoms with E-state index in [-0.39, 0.29) is 25.7 Å². The van der Waals surface area contributed by atoms with Gasteiger partial charge in [-0.15, -0.1) is 0 Å². The van der Waals surface area contributed by atoms with Crippen LogP contribution in [-0.4, -0.2) is 96.7 Å². The summed E-state index contributed by atoms with van der Waals surface area (Å²) in [6.07, 6.45) is 72.4. The van der Waals surface area contributed by atoms with Crippen molar-refractivity contribution in [3.05, 3.63) is 0 Å². The second kappa shape index (κ2) is 79.9. The van der Waals surface area contributed by atoms with Gasteiger partial charge in [-0.2, -0.15) is 0 Å². The Labute approximate surface area is 670 Å². The number of hydrogen-bond acceptors (Lipinski definition) is 15. The van der Waals surface area contributed by atoms with Gasteiger partial charge in [-0.05, 0) is 43.4 Å². The molecule has 0 fully saturated rings. The summed E-state index contributed by atoms with van der Waals surface area (Å²) in [4.78, 5) is 73.3. The van der Waals surface area contributed by atoms with Crippen LogP contribution in [0.1, 0.15) is 479 Å². The number of hydrogen-bond donors (Lipinski definition) is 3. The molecule has 0 saturated heterocycles.